The molecule has 1 heterocycles. The van der Waals surface area contributed by atoms with Crippen LogP contribution in [-0.4, -0.2) is 45.5 Å². The molecule has 2 aromatic carbocycles. The van der Waals surface area contributed by atoms with E-state index in [1.807, 2.05) is 31.2 Å². The van der Waals surface area contributed by atoms with Crippen LogP contribution in [0.4, 0.5) is 5.69 Å². The molecule has 0 saturated carbocycles. The van der Waals surface area contributed by atoms with Crippen LogP contribution in [-0.2, 0) is 10.0 Å². The Hall–Kier alpha value is -2.05. The molecule has 0 spiro atoms. The third-order valence-electron chi connectivity index (χ3n) is 6.60. The van der Waals surface area contributed by atoms with Crippen molar-refractivity contribution < 1.29 is 13.2 Å². The fourth-order valence-corrected chi connectivity index (χ4v) is 6.22. The van der Waals surface area contributed by atoms with Crippen molar-refractivity contribution in [2.24, 2.45) is 5.92 Å². The number of hydrogen-bond donors (Lipinski definition) is 0. The summed E-state index contributed by atoms with van der Waals surface area (Å²) < 4.78 is 34.3. The van der Waals surface area contributed by atoms with Gasteiger partial charge in [-0.05, 0) is 55.7 Å². The highest BCUT2D eigenvalue weighted by atomic mass is 32.2. The van der Waals surface area contributed by atoms with E-state index in [2.05, 4.69) is 30.9 Å². The average Bonchev–Trinajstić information content (AvgIpc) is 2.81. The molecular weight excluding hydrogens is 420 g/mol. The number of ether oxygens (including phenoxy) is 1. The molecule has 6 heteroatoms. The summed E-state index contributed by atoms with van der Waals surface area (Å²) in [5.41, 5.74) is 2.18. The van der Waals surface area contributed by atoms with Gasteiger partial charge in [-0.15, -0.1) is 0 Å². The molecule has 5 nitrogen and oxygen atoms in total. The van der Waals surface area contributed by atoms with E-state index in [1.165, 1.54) is 19.3 Å². The molecule has 1 saturated heterocycles. The molecule has 0 unspecified atom stereocenters. The SMILES string of the molecule is CCCCCC[C@H](C)[C@@H]1CN(c2ccc(OC)cc2)CCN1S(=O)(=O)c1ccc(C)cc1. The fraction of sp³-hybridized carbons (Fsp3) is 0.538. The van der Waals surface area contributed by atoms with Crippen LogP contribution >= 0.6 is 0 Å². The average molecular weight is 459 g/mol. The molecule has 0 bridgehead atoms. The van der Waals surface area contributed by atoms with Gasteiger partial charge in [0.05, 0.1) is 12.0 Å². The first-order valence-corrected chi connectivity index (χ1v) is 13.3. The van der Waals surface area contributed by atoms with Gasteiger partial charge in [0.2, 0.25) is 10.0 Å². The number of sulfonamides is 1. The summed E-state index contributed by atoms with van der Waals surface area (Å²) in [4.78, 5) is 2.71. The van der Waals surface area contributed by atoms with Crippen LogP contribution < -0.4 is 9.64 Å². The minimum absolute atomic E-state index is 0.0567. The third kappa shape index (κ3) is 5.84. The minimum Gasteiger partial charge on any atom is -0.497 e. The molecular formula is C26H38N2O3S. The van der Waals surface area contributed by atoms with Crippen LogP contribution in [0.15, 0.2) is 53.4 Å². The zero-order valence-corrected chi connectivity index (χ0v) is 20.8. The normalized spacial score (nSPS) is 18.5. The Morgan fingerprint density at radius 1 is 1.00 bits per heavy atom. The van der Waals surface area contributed by atoms with Crippen LogP contribution in [0.3, 0.4) is 0 Å². The van der Waals surface area contributed by atoms with Crippen molar-refractivity contribution in [3.63, 3.8) is 0 Å². The molecule has 2 atom stereocenters. The molecule has 0 N–H and O–H groups in total. The minimum atomic E-state index is -3.54. The van der Waals surface area contributed by atoms with Crippen molar-refractivity contribution in [3.8, 4) is 5.75 Å². The maximum Gasteiger partial charge on any atom is 0.243 e. The Balaban J connectivity index is 1.83. The van der Waals surface area contributed by atoms with E-state index in [0.717, 1.165) is 29.8 Å². The Morgan fingerprint density at radius 2 is 1.69 bits per heavy atom. The van der Waals surface area contributed by atoms with Crippen LogP contribution in [0.2, 0.25) is 0 Å². The number of piperazine rings is 1. The number of unbranched alkanes of at least 4 members (excludes halogenated alkanes) is 3. The van der Waals surface area contributed by atoms with Crippen molar-refractivity contribution in [1.29, 1.82) is 0 Å². The van der Waals surface area contributed by atoms with E-state index in [9.17, 15) is 8.42 Å². The van der Waals surface area contributed by atoms with Gasteiger partial charge in [0, 0.05) is 31.4 Å². The van der Waals surface area contributed by atoms with Gasteiger partial charge < -0.3 is 9.64 Å². The molecule has 1 aliphatic rings. The summed E-state index contributed by atoms with van der Waals surface area (Å²) >= 11 is 0. The number of benzene rings is 2. The molecule has 32 heavy (non-hydrogen) atoms. The predicted octanol–water partition coefficient (Wildman–Crippen LogP) is 5.49. The molecule has 1 aliphatic heterocycles. The number of hydrogen-bond acceptors (Lipinski definition) is 4. The van der Waals surface area contributed by atoms with Crippen LogP contribution in [0.1, 0.15) is 51.5 Å². The molecule has 1 fully saturated rings. The largest absolute Gasteiger partial charge is 0.497 e. The zero-order valence-electron chi connectivity index (χ0n) is 20.0. The summed E-state index contributed by atoms with van der Waals surface area (Å²) in [7, 11) is -1.87. The second kappa shape index (κ2) is 11.2. The second-order valence-corrected chi connectivity index (χ2v) is 10.9. The Bertz CT molecular complexity index is 942. The molecule has 0 amide bonds. The van der Waals surface area contributed by atoms with Crippen molar-refractivity contribution >= 4 is 15.7 Å². The zero-order chi connectivity index (χ0) is 23.1. The molecule has 2 aromatic rings. The predicted molar refractivity (Wildman–Crippen MR) is 132 cm³/mol. The first-order chi connectivity index (χ1) is 15.4. The summed E-state index contributed by atoms with van der Waals surface area (Å²) in [6, 6.07) is 15.2. The lowest BCUT2D eigenvalue weighted by Crippen LogP contribution is -2.57. The van der Waals surface area contributed by atoms with E-state index in [1.54, 1.807) is 23.5 Å². The lowest BCUT2D eigenvalue weighted by molar-refractivity contribution is 0.214. The highest BCUT2D eigenvalue weighted by Crippen LogP contribution is 2.31. The quantitative estimate of drug-likeness (QED) is 0.442. The first-order valence-electron chi connectivity index (χ1n) is 11.8. The third-order valence-corrected chi connectivity index (χ3v) is 8.54. The Morgan fingerprint density at radius 3 is 2.31 bits per heavy atom. The highest BCUT2D eigenvalue weighted by Gasteiger charge is 2.38. The van der Waals surface area contributed by atoms with Gasteiger partial charge in [-0.2, -0.15) is 4.31 Å². The Labute approximate surface area is 194 Å². The summed E-state index contributed by atoms with van der Waals surface area (Å²) in [5, 5.41) is 0. The number of anilines is 1. The molecule has 0 aromatic heterocycles. The highest BCUT2D eigenvalue weighted by molar-refractivity contribution is 7.89. The molecule has 176 valence electrons. The van der Waals surface area contributed by atoms with E-state index in [4.69, 9.17) is 4.74 Å². The smallest absolute Gasteiger partial charge is 0.243 e. The van der Waals surface area contributed by atoms with E-state index >= 15 is 0 Å². The summed E-state index contributed by atoms with van der Waals surface area (Å²) in [6.45, 7) is 8.28. The lowest BCUT2D eigenvalue weighted by Gasteiger charge is -2.44. The first kappa shape index (κ1) is 24.6. The van der Waals surface area contributed by atoms with Gasteiger partial charge >= 0.3 is 0 Å². The fourth-order valence-electron chi connectivity index (χ4n) is 4.51. The van der Waals surface area contributed by atoms with Gasteiger partial charge in [-0.25, -0.2) is 8.42 Å². The standard InChI is InChI=1S/C26H38N2O3S/c1-5-6-7-8-9-22(3)26-20-27(23-12-14-24(31-4)15-13-23)18-19-28(26)32(29,30)25-16-10-21(2)11-17-25/h10-17,22,26H,5-9,18-20H2,1-4H3/t22-,26-/m0/s1. The van der Waals surface area contributed by atoms with Crippen molar-refractivity contribution in [2.75, 3.05) is 31.6 Å². The lowest BCUT2D eigenvalue weighted by atomic mass is 9.93. The Kier molecular flexibility index (Phi) is 8.60. The van der Waals surface area contributed by atoms with Gasteiger partial charge in [0.1, 0.15) is 5.75 Å². The van der Waals surface area contributed by atoms with Crippen LogP contribution in [0.5, 0.6) is 5.75 Å². The van der Waals surface area contributed by atoms with Gasteiger partial charge in [0.25, 0.3) is 0 Å². The second-order valence-electron chi connectivity index (χ2n) is 8.97. The van der Waals surface area contributed by atoms with Crippen LogP contribution in [0, 0.1) is 12.8 Å². The van der Waals surface area contributed by atoms with E-state index < -0.39 is 10.0 Å². The van der Waals surface area contributed by atoms with E-state index in [0.29, 0.717) is 24.5 Å². The van der Waals surface area contributed by atoms with Crippen molar-refractivity contribution in [3.05, 3.63) is 54.1 Å². The molecule has 3 rings (SSSR count). The summed E-state index contributed by atoms with van der Waals surface area (Å²) in [5.74, 6) is 1.11. The molecule has 0 aliphatic carbocycles. The van der Waals surface area contributed by atoms with Gasteiger partial charge in [-0.3, -0.25) is 0 Å². The molecule has 0 radical (unpaired) electrons. The van der Waals surface area contributed by atoms with Crippen molar-refractivity contribution in [1.82, 2.24) is 4.31 Å². The number of methoxy groups -OCH3 is 1. The van der Waals surface area contributed by atoms with E-state index in [-0.39, 0.29) is 12.0 Å². The number of rotatable bonds is 10. The maximum atomic E-state index is 13.6. The maximum absolute atomic E-state index is 13.6. The number of nitrogens with zero attached hydrogens (tertiary/aromatic N) is 2. The van der Waals surface area contributed by atoms with Gasteiger partial charge in [0.15, 0.2) is 0 Å². The number of aryl methyl sites for hydroxylation is 1. The monoisotopic (exact) mass is 458 g/mol. The topological polar surface area (TPSA) is 49.9 Å². The van der Waals surface area contributed by atoms with Crippen LogP contribution in [0.25, 0.3) is 0 Å². The van der Waals surface area contributed by atoms with Gasteiger partial charge in [-0.1, -0.05) is 57.2 Å². The van der Waals surface area contributed by atoms with Crippen molar-refractivity contribution in [2.45, 2.75) is 63.8 Å². The summed E-state index contributed by atoms with van der Waals surface area (Å²) in [6.07, 6.45) is 5.84.